The van der Waals surface area contributed by atoms with Crippen molar-refractivity contribution in [1.82, 2.24) is 15.7 Å². The van der Waals surface area contributed by atoms with Crippen molar-refractivity contribution in [3.8, 4) is 5.75 Å². The molecule has 20 heavy (non-hydrogen) atoms. The fourth-order valence-electron chi connectivity index (χ4n) is 1.25. The third kappa shape index (κ3) is 3.14. The molecule has 0 saturated heterocycles. The molecule has 0 atom stereocenters. The Balaban J connectivity index is 2.11. The van der Waals surface area contributed by atoms with Gasteiger partial charge in [-0.05, 0) is 38.4 Å². The van der Waals surface area contributed by atoms with Gasteiger partial charge in [0.25, 0.3) is 5.91 Å². The van der Waals surface area contributed by atoms with Crippen LogP contribution in [0, 0.1) is 0 Å². The predicted molar refractivity (Wildman–Crippen MR) is 77.3 cm³/mol. The van der Waals surface area contributed by atoms with E-state index in [0.717, 1.165) is 4.47 Å². The van der Waals surface area contributed by atoms with E-state index in [-0.39, 0.29) is 17.3 Å². The molecule has 0 bridgehead atoms. The molecule has 1 heterocycles. The number of benzene rings is 1. The number of rotatable bonds is 3. The number of nitrogens with two attached hydrogens (primary N) is 1. The summed E-state index contributed by atoms with van der Waals surface area (Å²) >= 11 is 6.45. The van der Waals surface area contributed by atoms with Gasteiger partial charge in [-0.2, -0.15) is 5.10 Å². The van der Waals surface area contributed by atoms with Crippen molar-refractivity contribution in [3.63, 3.8) is 0 Å². The Morgan fingerprint density at radius 2 is 2.20 bits per heavy atom. The molecule has 2 rings (SSSR count). The SMILES string of the molecule is Nc1nonc1C(=O)N/N=C/c1cc(Br)cc(Br)c1O. The van der Waals surface area contributed by atoms with E-state index in [1.165, 1.54) is 6.21 Å². The second-order valence-electron chi connectivity index (χ2n) is 3.52. The maximum absolute atomic E-state index is 11.6. The summed E-state index contributed by atoms with van der Waals surface area (Å²) in [6, 6.07) is 3.30. The normalized spacial score (nSPS) is 10.9. The van der Waals surface area contributed by atoms with E-state index in [0.29, 0.717) is 10.0 Å². The number of hydrogen-bond donors (Lipinski definition) is 3. The molecule has 0 spiro atoms. The molecule has 1 amide bonds. The molecule has 0 aliphatic carbocycles. The smallest absolute Gasteiger partial charge is 0.297 e. The van der Waals surface area contributed by atoms with Gasteiger partial charge in [-0.3, -0.25) is 4.79 Å². The summed E-state index contributed by atoms with van der Waals surface area (Å²) in [5.74, 6) is -0.812. The number of carbonyl (C=O) groups is 1. The van der Waals surface area contributed by atoms with Gasteiger partial charge in [-0.15, -0.1) is 0 Å². The van der Waals surface area contributed by atoms with Crippen LogP contribution in [-0.2, 0) is 0 Å². The summed E-state index contributed by atoms with van der Waals surface area (Å²) in [5, 5.41) is 20.1. The first-order valence-corrected chi connectivity index (χ1v) is 6.67. The van der Waals surface area contributed by atoms with Crippen molar-refractivity contribution in [2.45, 2.75) is 0 Å². The van der Waals surface area contributed by atoms with Crippen LogP contribution in [0.25, 0.3) is 0 Å². The minimum Gasteiger partial charge on any atom is -0.506 e. The van der Waals surface area contributed by atoms with Crippen LogP contribution in [0.1, 0.15) is 16.1 Å². The maximum atomic E-state index is 11.6. The monoisotopic (exact) mass is 403 g/mol. The number of carbonyl (C=O) groups excluding carboxylic acids is 1. The summed E-state index contributed by atoms with van der Waals surface area (Å²) in [4.78, 5) is 11.6. The van der Waals surface area contributed by atoms with Crippen LogP contribution in [0.15, 0.2) is 30.8 Å². The Kier molecular flexibility index (Phi) is 4.35. The number of nitrogens with zero attached hydrogens (tertiary/aromatic N) is 3. The van der Waals surface area contributed by atoms with Crippen LogP contribution in [0.3, 0.4) is 0 Å². The summed E-state index contributed by atoms with van der Waals surface area (Å²) < 4.78 is 5.52. The Labute approximate surface area is 129 Å². The largest absolute Gasteiger partial charge is 0.506 e. The molecule has 0 aliphatic rings. The highest BCUT2D eigenvalue weighted by atomic mass is 79.9. The molecule has 1 aromatic heterocycles. The Morgan fingerprint density at radius 3 is 2.85 bits per heavy atom. The zero-order valence-corrected chi connectivity index (χ0v) is 12.8. The summed E-state index contributed by atoms with van der Waals surface area (Å²) in [7, 11) is 0. The first kappa shape index (κ1) is 14.5. The van der Waals surface area contributed by atoms with Crippen LogP contribution in [-0.4, -0.2) is 27.5 Å². The molecule has 0 radical (unpaired) electrons. The first-order valence-electron chi connectivity index (χ1n) is 5.08. The summed E-state index contributed by atoms with van der Waals surface area (Å²) in [5.41, 5.74) is 7.78. The van der Waals surface area contributed by atoms with E-state index in [2.05, 4.69) is 57.3 Å². The van der Waals surface area contributed by atoms with Crippen molar-refractivity contribution in [3.05, 3.63) is 32.3 Å². The Bertz CT molecular complexity index is 686. The zero-order valence-electron chi connectivity index (χ0n) is 9.67. The van der Waals surface area contributed by atoms with Crippen molar-refractivity contribution < 1.29 is 14.5 Å². The Hall–Kier alpha value is -1.94. The quantitative estimate of drug-likeness (QED) is 0.527. The minimum atomic E-state index is -0.673. The molecular formula is C10H7Br2N5O3. The molecule has 4 N–H and O–H groups in total. The minimum absolute atomic E-state index is 0.00573. The zero-order chi connectivity index (χ0) is 14.7. The van der Waals surface area contributed by atoms with Gasteiger partial charge in [0, 0.05) is 10.0 Å². The highest BCUT2D eigenvalue weighted by Gasteiger charge is 2.15. The van der Waals surface area contributed by atoms with Gasteiger partial charge >= 0.3 is 0 Å². The molecule has 0 fully saturated rings. The lowest BCUT2D eigenvalue weighted by Crippen LogP contribution is -2.19. The summed E-state index contributed by atoms with van der Waals surface area (Å²) in [6.07, 6.45) is 1.27. The number of halogens is 2. The topological polar surface area (TPSA) is 127 Å². The number of nitrogen functional groups attached to an aromatic ring is 1. The third-order valence-corrected chi connectivity index (χ3v) is 3.22. The molecule has 8 nitrogen and oxygen atoms in total. The fourth-order valence-corrected chi connectivity index (χ4v) is 2.51. The molecule has 0 aliphatic heterocycles. The van der Waals surface area contributed by atoms with Crippen LogP contribution in [0.2, 0.25) is 0 Å². The van der Waals surface area contributed by atoms with E-state index in [1.54, 1.807) is 12.1 Å². The molecule has 1 aromatic carbocycles. The van der Waals surface area contributed by atoms with Crippen LogP contribution in [0.4, 0.5) is 5.82 Å². The van der Waals surface area contributed by atoms with E-state index in [9.17, 15) is 9.90 Å². The van der Waals surface area contributed by atoms with Gasteiger partial charge in [0.1, 0.15) is 5.75 Å². The maximum Gasteiger partial charge on any atom is 0.297 e. The number of hydrazone groups is 1. The second-order valence-corrected chi connectivity index (χ2v) is 5.29. The molecule has 0 unspecified atom stereocenters. The van der Waals surface area contributed by atoms with E-state index in [1.807, 2.05) is 0 Å². The van der Waals surface area contributed by atoms with Crippen LogP contribution in [0.5, 0.6) is 5.75 Å². The lowest BCUT2D eigenvalue weighted by Gasteiger charge is -2.02. The lowest BCUT2D eigenvalue weighted by molar-refractivity contribution is 0.0946. The predicted octanol–water partition coefficient (Wildman–Crippen LogP) is 1.65. The highest BCUT2D eigenvalue weighted by molar-refractivity contribution is 9.11. The van der Waals surface area contributed by atoms with Gasteiger partial charge in [0.2, 0.25) is 11.5 Å². The van der Waals surface area contributed by atoms with Crippen molar-refractivity contribution in [2.75, 3.05) is 5.73 Å². The average Bonchev–Trinajstić information content (AvgIpc) is 2.81. The van der Waals surface area contributed by atoms with Crippen LogP contribution >= 0.6 is 31.9 Å². The number of amides is 1. The number of aromatic hydroxyl groups is 1. The van der Waals surface area contributed by atoms with Gasteiger partial charge in [-0.1, -0.05) is 15.9 Å². The van der Waals surface area contributed by atoms with E-state index >= 15 is 0 Å². The molecule has 10 heteroatoms. The molecular weight excluding hydrogens is 398 g/mol. The fraction of sp³-hybridized carbons (Fsp3) is 0. The number of hydrogen-bond acceptors (Lipinski definition) is 7. The average molecular weight is 405 g/mol. The highest BCUT2D eigenvalue weighted by Crippen LogP contribution is 2.30. The molecule has 0 saturated carbocycles. The van der Waals surface area contributed by atoms with Gasteiger partial charge in [0.15, 0.2) is 0 Å². The number of phenols is 1. The Morgan fingerprint density at radius 1 is 1.45 bits per heavy atom. The number of anilines is 1. The van der Waals surface area contributed by atoms with Gasteiger partial charge < -0.3 is 10.8 Å². The standard InChI is InChI=1S/C10H7Br2N5O3/c11-5-1-4(8(18)6(12)2-5)3-14-15-10(19)7-9(13)17-20-16-7/h1-3,18H,(H2,13,17)(H,15,19)/b14-3+. The molecule has 104 valence electrons. The third-order valence-electron chi connectivity index (χ3n) is 2.16. The van der Waals surface area contributed by atoms with Gasteiger partial charge in [0.05, 0.1) is 10.7 Å². The summed E-state index contributed by atoms with van der Waals surface area (Å²) in [6.45, 7) is 0. The second kappa shape index (κ2) is 6.01. The first-order chi connectivity index (χ1) is 9.49. The number of nitrogens with one attached hydrogen (secondary N) is 1. The van der Waals surface area contributed by atoms with E-state index in [4.69, 9.17) is 5.73 Å². The van der Waals surface area contributed by atoms with Crippen LogP contribution < -0.4 is 11.2 Å². The molecule has 2 aromatic rings. The van der Waals surface area contributed by atoms with Gasteiger partial charge in [-0.25, -0.2) is 10.1 Å². The van der Waals surface area contributed by atoms with Crippen molar-refractivity contribution >= 4 is 49.8 Å². The number of phenolic OH excluding ortho intramolecular Hbond substituents is 1. The van der Waals surface area contributed by atoms with E-state index < -0.39 is 5.91 Å². The number of aromatic nitrogens is 2. The van der Waals surface area contributed by atoms with Crippen molar-refractivity contribution in [2.24, 2.45) is 5.10 Å². The lowest BCUT2D eigenvalue weighted by atomic mass is 10.2. The van der Waals surface area contributed by atoms with Crippen molar-refractivity contribution in [1.29, 1.82) is 0 Å².